The van der Waals surface area contributed by atoms with Gasteiger partial charge in [0.15, 0.2) is 0 Å². The largest absolute Gasteiger partial charge is 0.497 e. The average molecular weight is 387 g/mol. The molecule has 6 nitrogen and oxygen atoms in total. The number of hydrogen-bond acceptors (Lipinski definition) is 5. The molecule has 0 aliphatic carbocycles. The molecule has 0 fully saturated rings. The highest BCUT2D eigenvalue weighted by Crippen LogP contribution is 2.30. The van der Waals surface area contributed by atoms with Crippen LogP contribution < -0.4 is 20.3 Å². The van der Waals surface area contributed by atoms with Gasteiger partial charge in [0.05, 0.1) is 31.2 Å². The molecule has 0 unspecified atom stereocenters. The normalized spacial score (nSPS) is 10.9. The number of fused-ring (bicyclic) bond motifs is 1. The van der Waals surface area contributed by atoms with E-state index in [9.17, 15) is 4.79 Å². The fourth-order valence-electron chi connectivity index (χ4n) is 3.29. The molecule has 146 valence electrons. The molecule has 0 spiro atoms. The summed E-state index contributed by atoms with van der Waals surface area (Å²) in [4.78, 5) is 19.9. The maximum absolute atomic E-state index is 12.5. The molecule has 0 amide bonds. The van der Waals surface area contributed by atoms with Crippen LogP contribution in [0.15, 0.2) is 77.6 Å². The smallest absolute Gasteiger partial charge is 0.260 e. The van der Waals surface area contributed by atoms with E-state index >= 15 is 0 Å². The molecule has 0 aliphatic heterocycles. The number of rotatable bonds is 6. The van der Waals surface area contributed by atoms with Crippen molar-refractivity contribution in [1.29, 1.82) is 0 Å². The quantitative estimate of drug-likeness (QED) is 0.520. The van der Waals surface area contributed by atoms with Gasteiger partial charge >= 0.3 is 0 Å². The molecule has 29 heavy (non-hydrogen) atoms. The van der Waals surface area contributed by atoms with Gasteiger partial charge in [-0.1, -0.05) is 36.4 Å². The molecule has 1 heterocycles. The first-order chi connectivity index (χ1) is 14.2. The van der Waals surface area contributed by atoms with E-state index in [1.165, 1.54) is 0 Å². The first kappa shape index (κ1) is 18.6. The van der Waals surface area contributed by atoms with E-state index in [1.807, 2.05) is 66.7 Å². The standard InChI is InChI=1S/C23H21N3O3/c1-28-17-9-5-7-15(13-17)21(16-8-6-10-18(14-16)29-2)25-23-24-20-12-4-3-11-19(20)22(27)26-23/h3-14,21H,1-2H3,(H2,24,25,26,27). The fraction of sp³-hybridized carbons (Fsp3) is 0.130. The minimum absolute atomic E-state index is 0.187. The molecule has 0 aliphatic rings. The number of anilines is 1. The van der Waals surface area contributed by atoms with E-state index in [2.05, 4.69) is 15.3 Å². The second kappa shape index (κ2) is 8.06. The predicted molar refractivity (Wildman–Crippen MR) is 114 cm³/mol. The number of H-pyrrole nitrogens is 1. The van der Waals surface area contributed by atoms with Crippen molar-refractivity contribution < 1.29 is 9.47 Å². The van der Waals surface area contributed by atoms with Gasteiger partial charge in [-0.15, -0.1) is 0 Å². The van der Waals surface area contributed by atoms with Crippen LogP contribution in [0.3, 0.4) is 0 Å². The lowest BCUT2D eigenvalue weighted by molar-refractivity contribution is 0.413. The highest BCUT2D eigenvalue weighted by molar-refractivity contribution is 5.78. The lowest BCUT2D eigenvalue weighted by Gasteiger charge is -2.21. The Kier molecular flexibility index (Phi) is 5.16. The summed E-state index contributed by atoms with van der Waals surface area (Å²) in [6.45, 7) is 0. The first-order valence-electron chi connectivity index (χ1n) is 9.21. The van der Waals surface area contributed by atoms with Gasteiger partial charge in [0.25, 0.3) is 5.56 Å². The minimum atomic E-state index is -0.274. The number of ether oxygens (including phenoxy) is 2. The molecule has 0 bridgehead atoms. The van der Waals surface area contributed by atoms with Crippen LogP contribution in [0, 0.1) is 0 Å². The lowest BCUT2D eigenvalue weighted by atomic mass is 9.98. The van der Waals surface area contributed by atoms with E-state index in [4.69, 9.17) is 9.47 Å². The zero-order chi connectivity index (χ0) is 20.2. The number of benzene rings is 3. The van der Waals surface area contributed by atoms with Gasteiger partial charge in [0, 0.05) is 0 Å². The molecule has 0 radical (unpaired) electrons. The molecule has 3 aromatic carbocycles. The second-order valence-corrected chi connectivity index (χ2v) is 6.56. The van der Waals surface area contributed by atoms with Crippen molar-refractivity contribution in [1.82, 2.24) is 9.97 Å². The van der Waals surface area contributed by atoms with Gasteiger partial charge in [-0.2, -0.15) is 0 Å². The zero-order valence-corrected chi connectivity index (χ0v) is 16.2. The van der Waals surface area contributed by atoms with Gasteiger partial charge in [-0.25, -0.2) is 4.98 Å². The second-order valence-electron chi connectivity index (χ2n) is 6.56. The maximum atomic E-state index is 12.5. The van der Waals surface area contributed by atoms with E-state index in [1.54, 1.807) is 20.3 Å². The van der Waals surface area contributed by atoms with E-state index < -0.39 is 0 Å². The van der Waals surface area contributed by atoms with Crippen molar-refractivity contribution in [2.75, 3.05) is 19.5 Å². The molecule has 6 heteroatoms. The Bertz CT molecular complexity index is 1160. The molecule has 0 atom stereocenters. The Labute approximate surface area is 168 Å². The zero-order valence-electron chi connectivity index (χ0n) is 16.2. The van der Waals surface area contributed by atoms with Gasteiger partial charge < -0.3 is 14.8 Å². The van der Waals surface area contributed by atoms with Crippen LogP contribution >= 0.6 is 0 Å². The summed E-state index contributed by atoms with van der Waals surface area (Å²) in [5, 5.41) is 3.92. The summed E-state index contributed by atoms with van der Waals surface area (Å²) in [5.74, 6) is 1.89. The number of aromatic nitrogens is 2. The third-order valence-electron chi connectivity index (χ3n) is 4.75. The molecule has 0 saturated heterocycles. The first-order valence-corrected chi connectivity index (χ1v) is 9.21. The summed E-state index contributed by atoms with van der Waals surface area (Å²) in [5.41, 5.74) is 2.38. The van der Waals surface area contributed by atoms with Gasteiger partial charge in [0.2, 0.25) is 5.95 Å². The molecular weight excluding hydrogens is 366 g/mol. The van der Waals surface area contributed by atoms with Crippen LogP contribution in [0.2, 0.25) is 0 Å². The summed E-state index contributed by atoms with van der Waals surface area (Å²) in [6.07, 6.45) is 0. The topological polar surface area (TPSA) is 76.2 Å². The monoisotopic (exact) mass is 387 g/mol. The Balaban J connectivity index is 1.80. The molecule has 4 aromatic rings. The summed E-state index contributed by atoms with van der Waals surface area (Å²) in [7, 11) is 3.27. The molecule has 4 rings (SSSR count). The van der Waals surface area contributed by atoms with Crippen molar-refractivity contribution in [3.63, 3.8) is 0 Å². The van der Waals surface area contributed by atoms with Gasteiger partial charge in [-0.05, 0) is 47.5 Å². The van der Waals surface area contributed by atoms with Crippen LogP contribution in [0.5, 0.6) is 11.5 Å². The van der Waals surface area contributed by atoms with E-state index in [0.29, 0.717) is 16.9 Å². The molecule has 2 N–H and O–H groups in total. The van der Waals surface area contributed by atoms with Crippen LogP contribution in [0.25, 0.3) is 10.9 Å². The van der Waals surface area contributed by atoms with Gasteiger partial charge in [-0.3, -0.25) is 9.78 Å². The summed E-state index contributed by atoms with van der Waals surface area (Å²) in [6, 6.07) is 22.5. The third-order valence-corrected chi connectivity index (χ3v) is 4.75. The number of para-hydroxylation sites is 1. The van der Waals surface area contributed by atoms with Crippen LogP contribution in [0.4, 0.5) is 5.95 Å². The Morgan fingerprint density at radius 2 is 1.48 bits per heavy atom. The van der Waals surface area contributed by atoms with Crippen LogP contribution in [0.1, 0.15) is 17.2 Å². The van der Waals surface area contributed by atoms with Crippen molar-refractivity contribution in [3.8, 4) is 11.5 Å². The SMILES string of the molecule is COc1cccc(C(Nc2nc3ccccc3c(=O)[nH]2)c2cccc(OC)c2)c1. The lowest BCUT2D eigenvalue weighted by Crippen LogP contribution is -2.18. The van der Waals surface area contributed by atoms with Crippen LogP contribution in [-0.2, 0) is 0 Å². The van der Waals surface area contributed by atoms with Crippen LogP contribution in [-0.4, -0.2) is 24.2 Å². The Morgan fingerprint density at radius 3 is 2.10 bits per heavy atom. The maximum Gasteiger partial charge on any atom is 0.260 e. The number of hydrogen-bond donors (Lipinski definition) is 2. The highest BCUT2D eigenvalue weighted by atomic mass is 16.5. The molecule has 1 aromatic heterocycles. The third kappa shape index (κ3) is 3.91. The molecular formula is C23H21N3O3. The van der Waals surface area contributed by atoms with E-state index in [-0.39, 0.29) is 11.6 Å². The Morgan fingerprint density at radius 1 is 0.862 bits per heavy atom. The molecule has 0 saturated carbocycles. The van der Waals surface area contributed by atoms with E-state index in [0.717, 1.165) is 22.6 Å². The number of aromatic amines is 1. The fourth-order valence-corrected chi connectivity index (χ4v) is 3.29. The summed E-state index contributed by atoms with van der Waals surface area (Å²) < 4.78 is 10.8. The van der Waals surface area contributed by atoms with Crippen molar-refractivity contribution in [2.24, 2.45) is 0 Å². The van der Waals surface area contributed by atoms with Crippen molar-refractivity contribution in [2.45, 2.75) is 6.04 Å². The number of nitrogens with zero attached hydrogens (tertiary/aromatic N) is 1. The predicted octanol–water partition coefficient (Wildman–Crippen LogP) is 4.14. The number of nitrogens with one attached hydrogen (secondary N) is 2. The average Bonchev–Trinajstić information content (AvgIpc) is 2.77. The number of methoxy groups -OCH3 is 2. The minimum Gasteiger partial charge on any atom is -0.497 e. The van der Waals surface area contributed by atoms with Crippen molar-refractivity contribution >= 4 is 16.9 Å². The Hall–Kier alpha value is -3.80. The highest BCUT2D eigenvalue weighted by Gasteiger charge is 2.17. The summed E-state index contributed by atoms with van der Waals surface area (Å²) >= 11 is 0. The van der Waals surface area contributed by atoms with Gasteiger partial charge in [0.1, 0.15) is 11.5 Å². The van der Waals surface area contributed by atoms with Crippen molar-refractivity contribution in [3.05, 3.63) is 94.3 Å².